The van der Waals surface area contributed by atoms with Crippen LogP contribution in [0, 0.1) is 16.7 Å². The second-order valence-electron chi connectivity index (χ2n) is 5.26. The van der Waals surface area contributed by atoms with Crippen molar-refractivity contribution in [2.24, 2.45) is 5.41 Å². The number of hydrogen-bond acceptors (Lipinski definition) is 4. The Morgan fingerprint density at radius 1 is 1.45 bits per heavy atom. The van der Waals surface area contributed by atoms with Crippen LogP contribution in [-0.2, 0) is 10.0 Å². The zero-order chi connectivity index (χ0) is 14.8. The molecule has 0 aromatic carbocycles. The number of rotatable bonds is 4. The molecule has 0 spiro atoms. The normalized spacial score (nSPS) is 18.9. The molecule has 0 radical (unpaired) electrons. The van der Waals surface area contributed by atoms with Crippen LogP contribution >= 0.6 is 0 Å². The predicted octanol–water partition coefficient (Wildman–Crippen LogP) is 2.15. The van der Waals surface area contributed by atoms with Gasteiger partial charge in [-0.1, -0.05) is 13.8 Å². The van der Waals surface area contributed by atoms with E-state index in [9.17, 15) is 8.42 Å². The fourth-order valence-electron chi connectivity index (χ4n) is 2.75. The summed E-state index contributed by atoms with van der Waals surface area (Å²) in [6, 6.07) is 4.87. The van der Waals surface area contributed by atoms with Crippen molar-refractivity contribution in [2.45, 2.75) is 38.0 Å². The van der Waals surface area contributed by atoms with Gasteiger partial charge in [0, 0.05) is 19.3 Å². The molecule has 1 aromatic heterocycles. The van der Waals surface area contributed by atoms with Crippen molar-refractivity contribution >= 4 is 10.0 Å². The SMILES string of the molecule is CCC1(CC)CCN(S(=O)(=O)c2cccnc2C#N)C1. The molecule has 1 aliphatic rings. The van der Waals surface area contributed by atoms with Gasteiger partial charge in [-0.2, -0.15) is 9.57 Å². The van der Waals surface area contributed by atoms with E-state index in [0.29, 0.717) is 13.1 Å². The molecule has 5 nitrogen and oxygen atoms in total. The monoisotopic (exact) mass is 293 g/mol. The lowest BCUT2D eigenvalue weighted by Gasteiger charge is -2.26. The first kappa shape index (κ1) is 14.9. The Hall–Kier alpha value is -1.45. The molecule has 1 saturated heterocycles. The second kappa shape index (κ2) is 5.51. The van der Waals surface area contributed by atoms with Crippen LogP contribution < -0.4 is 0 Å². The number of aromatic nitrogens is 1. The molecule has 0 atom stereocenters. The number of sulfonamides is 1. The average Bonchev–Trinajstić information content (AvgIpc) is 2.93. The van der Waals surface area contributed by atoms with Gasteiger partial charge in [0.1, 0.15) is 11.0 Å². The minimum absolute atomic E-state index is 0.0190. The molecular weight excluding hydrogens is 274 g/mol. The Morgan fingerprint density at radius 3 is 2.70 bits per heavy atom. The minimum atomic E-state index is -3.62. The van der Waals surface area contributed by atoms with Gasteiger partial charge in [-0.3, -0.25) is 0 Å². The molecule has 20 heavy (non-hydrogen) atoms. The van der Waals surface area contributed by atoms with Gasteiger partial charge in [-0.15, -0.1) is 0 Å². The molecule has 0 unspecified atom stereocenters. The van der Waals surface area contributed by atoms with Crippen molar-refractivity contribution in [1.29, 1.82) is 5.26 Å². The van der Waals surface area contributed by atoms with E-state index in [-0.39, 0.29) is 16.0 Å². The average molecular weight is 293 g/mol. The van der Waals surface area contributed by atoms with E-state index in [0.717, 1.165) is 19.3 Å². The van der Waals surface area contributed by atoms with Crippen molar-refractivity contribution in [1.82, 2.24) is 9.29 Å². The van der Waals surface area contributed by atoms with Crippen molar-refractivity contribution in [2.75, 3.05) is 13.1 Å². The molecule has 0 bridgehead atoms. The molecule has 1 aliphatic heterocycles. The van der Waals surface area contributed by atoms with Gasteiger partial charge in [0.15, 0.2) is 5.69 Å². The summed E-state index contributed by atoms with van der Waals surface area (Å²) in [6.07, 6.45) is 4.24. The van der Waals surface area contributed by atoms with Crippen molar-refractivity contribution in [3.05, 3.63) is 24.0 Å². The molecule has 0 aliphatic carbocycles. The van der Waals surface area contributed by atoms with Gasteiger partial charge >= 0.3 is 0 Å². The van der Waals surface area contributed by atoms with Gasteiger partial charge in [-0.25, -0.2) is 13.4 Å². The quantitative estimate of drug-likeness (QED) is 0.852. The van der Waals surface area contributed by atoms with Crippen molar-refractivity contribution < 1.29 is 8.42 Å². The van der Waals surface area contributed by atoms with Gasteiger partial charge in [-0.05, 0) is 36.8 Å². The lowest BCUT2D eigenvalue weighted by molar-refractivity contribution is 0.279. The summed E-state index contributed by atoms with van der Waals surface area (Å²) in [5, 5.41) is 9.02. The smallest absolute Gasteiger partial charge is 0.244 e. The third-order valence-electron chi connectivity index (χ3n) is 4.40. The van der Waals surface area contributed by atoms with E-state index in [2.05, 4.69) is 18.8 Å². The minimum Gasteiger partial charge on any atom is -0.244 e. The van der Waals surface area contributed by atoms with Crippen LogP contribution in [0.3, 0.4) is 0 Å². The first-order valence-corrected chi connectivity index (χ1v) is 8.28. The Bertz CT molecular complexity index is 630. The topological polar surface area (TPSA) is 74.1 Å². The molecule has 108 valence electrons. The summed E-state index contributed by atoms with van der Waals surface area (Å²) in [5.41, 5.74) is 0.0419. The first-order chi connectivity index (χ1) is 9.49. The zero-order valence-electron chi connectivity index (χ0n) is 11.8. The van der Waals surface area contributed by atoms with Crippen LogP contribution in [-0.4, -0.2) is 30.8 Å². The number of pyridine rings is 1. The zero-order valence-corrected chi connectivity index (χ0v) is 12.7. The third-order valence-corrected chi connectivity index (χ3v) is 6.27. The number of hydrogen-bond donors (Lipinski definition) is 0. The molecule has 0 saturated carbocycles. The second-order valence-corrected chi connectivity index (χ2v) is 7.16. The standard InChI is InChI=1S/C14H19N3O2S/c1-3-14(4-2)7-9-17(11-14)20(18,19)13-6-5-8-16-12(13)10-15/h5-6,8H,3-4,7,9,11H2,1-2H3. The fourth-order valence-corrected chi connectivity index (χ4v) is 4.40. The highest BCUT2D eigenvalue weighted by Crippen LogP contribution is 2.39. The van der Waals surface area contributed by atoms with E-state index < -0.39 is 10.0 Å². The maximum absolute atomic E-state index is 12.7. The Morgan fingerprint density at radius 2 is 2.15 bits per heavy atom. The summed E-state index contributed by atoms with van der Waals surface area (Å²) in [7, 11) is -3.62. The van der Waals surface area contributed by atoms with Gasteiger partial charge in [0.25, 0.3) is 0 Å². The van der Waals surface area contributed by atoms with Crippen LogP contribution in [0.4, 0.5) is 0 Å². The van der Waals surface area contributed by atoms with Crippen molar-refractivity contribution in [3.8, 4) is 6.07 Å². The van der Waals surface area contributed by atoms with Crippen LogP contribution in [0.2, 0.25) is 0 Å². The maximum Gasteiger partial charge on any atom is 0.245 e. The molecule has 2 heterocycles. The molecule has 0 N–H and O–H groups in total. The summed E-state index contributed by atoms with van der Waals surface area (Å²) < 4.78 is 26.8. The number of nitriles is 1. The fraction of sp³-hybridized carbons (Fsp3) is 0.571. The summed E-state index contributed by atoms with van der Waals surface area (Å²) >= 11 is 0. The third kappa shape index (κ3) is 2.43. The lowest BCUT2D eigenvalue weighted by Crippen LogP contribution is -2.32. The van der Waals surface area contributed by atoms with Gasteiger partial charge in [0.05, 0.1) is 0 Å². The molecule has 1 fully saturated rings. The van der Waals surface area contributed by atoms with Crippen LogP contribution in [0.5, 0.6) is 0 Å². The van der Waals surface area contributed by atoms with Gasteiger partial charge < -0.3 is 0 Å². The highest BCUT2D eigenvalue weighted by Gasteiger charge is 2.41. The van der Waals surface area contributed by atoms with Crippen LogP contribution in [0.1, 0.15) is 38.8 Å². The summed E-state index contributed by atoms with van der Waals surface area (Å²) in [4.78, 5) is 3.86. The highest BCUT2D eigenvalue weighted by molar-refractivity contribution is 7.89. The van der Waals surface area contributed by atoms with E-state index in [1.807, 2.05) is 6.07 Å². The van der Waals surface area contributed by atoms with Crippen LogP contribution in [0.25, 0.3) is 0 Å². The summed E-state index contributed by atoms with van der Waals surface area (Å²) in [5.74, 6) is 0. The largest absolute Gasteiger partial charge is 0.245 e. The summed E-state index contributed by atoms with van der Waals surface area (Å²) in [6.45, 7) is 5.25. The Labute approximate surface area is 120 Å². The molecule has 2 rings (SSSR count). The van der Waals surface area contributed by atoms with Gasteiger partial charge in [0.2, 0.25) is 10.0 Å². The first-order valence-electron chi connectivity index (χ1n) is 6.84. The van der Waals surface area contributed by atoms with E-state index in [4.69, 9.17) is 5.26 Å². The Balaban J connectivity index is 2.36. The molecule has 6 heteroatoms. The Kier molecular flexibility index (Phi) is 4.11. The van der Waals surface area contributed by atoms with E-state index in [1.165, 1.54) is 16.6 Å². The lowest BCUT2D eigenvalue weighted by atomic mass is 9.82. The van der Waals surface area contributed by atoms with E-state index >= 15 is 0 Å². The molecular formula is C14H19N3O2S. The highest BCUT2D eigenvalue weighted by atomic mass is 32.2. The predicted molar refractivity (Wildman–Crippen MR) is 75.3 cm³/mol. The van der Waals surface area contributed by atoms with E-state index in [1.54, 1.807) is 6.07 Å². The molecule has 0 amide bonds. The van der Waals surface area contributed by atoms with Crippen LogP contribution in [0.15, 0.2) is 23.2 Å². The number of nitrogens with zero attached hydrogens (tertiary/aromatic N) is 3. The maximum atomic E-state index is 12.7. The van der Waals surface area contributed by atoms with Crippen molar-refractivity contribution in [3.63, 3.8) is 0 Å². The molecule has 1 aromatic rings.